The molecule has 1 saturated carbocycles. The fraction of sp³-hybridized carbons (Fsp3) is 0.435. The number of aromatic hydroxyl groups is 1. The van der Waals surface area contributed by atoms with Crippen molar-refractivity contribution in [2.24, 2.45) is 11.7 Å². The lowest BCUT2D eigenvalue weighted by molar-refractivity contribution is 0.1000. The van der Waals surface area contributed by atoms with E-state index in [4.69, 9.17) is 15.2 Å². The summed E-state index contributed by atoms with van der Waals surface area (Å²) < 4.78 is 11.6. The molecule has 0 bridgehead atoms. The van der Waals surface area contributed by atoms with E-state index in [1.807, 2.05) is 24.3 Å². The van der Waals surface area contributed by atoms with Gasteiger partial charge in [0.25, 0.3) is 0 Å². The van der Waals surface area contributed by atoms with E-state index in [0.717, 1.165) is 17.9 Å². The van der Waals surface area contributed by atoms with Crippen molar-refractivity contribution in [2.45, 2.75) is 51.6 Å². The standard InChI is InChI=1S/C23H29NO4/c24-23(26)19-10-13-22(21(25)14-19)28-16-18-8-11-20(12-9-18)27-15-17-6-4-2-1-3-5-7-17/h8-14,17,25H,1-7,15-16H2,(H2,24,26). The summed E-state index contributed by atoms with van der Waals surface area (Å²) in [5, 5.41) is 9.94. The quantitative estimate of drug-likeness (QED) is 0.719. The minimum absolute atomic E-state index is 0.101. The van der Waals surface area contributed by atoms with E-state index >= 15 is 0 Å². The smallest absolute Gasteiger partial charge is 0.248 e. The Bertz CT molecular complexity index is 765. The average Bonchev–Trinajstić information content (AvgIpc) is 2.67. The van der Waals surface area contributed by atoms with Crippen molar-refractivity contribution in [1.29, 1.82) is 0 Å². The Labute approximate surface area is 166 Å². The molecule has 1 amide bonds. The van der Waals surface area contributed by atoms with Crippen LogP contribution in [0.25, 0.3) is 0 Å². The normalized spacial score (nSPS) is 15.4. The minimum atomic E-state index is -0.586. The third-order valence-electron chi connectivity index (χ3n) is 5.27. The molecule has 5 heteroatoms. The van der Waals surface area contributed by atoms with Gasteiger partial charge in [-0.05, 0) is 54.7 Å². The summed E-state index contributed by atoms with van der Waals surface area (Å²) in [6.45, 7) is 1.10. The Morgan fingerprint density at radius 3 is 2.29 bits per heavy atom. The molecular weight excluding hydrogens is 354 g/mol. The lowest BCUT2D eigenvalue weighted by atomic mass is 9.92. The van der Waals surface area contributed by atoms with Gasteiger partial charge in [-0.1, -0.05) is 44.2 Å². The molecule has 2 aromatic rings. The molecule has 28 heavy (non-hydrogen) atoms. The van der Waals surface area contributed by atoms with E-state index in [2.05, 4.69) is 0 Å². The number of rotatable bonds is 7. The van der Waals surface area contributed by atoms with Gasteiger partial charge in [0.1, 0.15) is 12.4 Å². The van der Waals surface area contributed by atoms with Crippen LogP contribution in [-0.2, 0) is 6.61 Å². The predicted octanol–water partition coefficient (Wildman–Crippen LogP) is 4.81. The van der Waals surface area contributed by atoms with Crippen molar-refractivity contribution in [2.75, 3.05) is 6.61 Å². The van der Waals surface area contributed by atoms with Crippen LogP contribution in [0.1, 0.15) is 60.9 Å². The molecule has 5 nitrogen and oxygen atoms in total. The summed E-state index contributed by atoms with van der Waals surface area (Å²) in [5.74, 6) is 1.16. The number of ether oxygens (including phenoxy) is 2. The minimum Gasteiger partial charge on any atom is -0.504 e. The molecular formula is C23H29NO4. The topological polar surface area (TPSA) is 81.8 Å². The Balaban J connectivity index is 1.48. The molecule has 0 aliphatic heterocycles. The fourth-order valence-electron chi connectivity index (χ4n) is 3.56. The molecule has 0 saturated heterocycles. The number of hydrogen-bond donors (Lipinski definition) is 2. The summed E-state index contributed by atoms with van der Waals surface area (Å²) in [7, 11) is 0. The van der Waals surface area contributed by atoms with Crippen LogP contribution in [0.4, 0.5) is 0 Å². The molecule has 0 aromatic heterocycles. The highest BCUT2D eigenvalue weighted by molar-refractivity contribution is 5.93. The van der Waals surface area contributed by atoms with Gasteiger partial charge in [0.05, 0.1) is 6.61 Å². The molecule has 1 fully saturated rings. The second-order valence-electron chi connectivity index (χ2n) is 7.50. The van der Waals surface area contributed by atoms with Gasteiger partial charge in [-0.25, -0.2) is 0 Å². The number of phenols is 1. The highest BCUT2D eigenvalue weighted by atomic mass is 16.5. The van der Waals surface area contributed by atoms with Gasteiger partial charge in [-0.3, -0.25) is 4.79 Å². The van der Waals surface area contributed by atoms with Crippen molar-refractivity contribution in [1.82, 2.24) is 0 Å². The molecule has 0 spiro atoms. The number of hydrogen-bond acceptors (Lipinski definition) is 4. The summed E-state index contributed by atoms with van der Waals surface area (Å²) in [4.78, 5) is 11.1. The van der Waals surface area contributed by atoms with Gasteiger partial charge < -0.3 is 20.3 Å². The zero-order valence-electron chi connectivity index (χ0n) is 16.2. The number of nitrogens with two attached hydrogens (primary N) is 1. The third-order valence-corrected chi connectivity index (χ3v) is 5.27. The van der Waals surface area contributed by atoms with Crippen LogP contribution < -0.4 is 15.2 Å². The number of carbonyl (C=O) groups is 1. The van der Waals surface area contributed by atoms with Gasteiger partial charge in [0.15, 0.2) is 11.5 Å². The molecule has 1 aliphatic rings. The molecule has 150 valence electrons. The first-order chi connectivity index (χ1) is 13.6. The summed E-state index contributed by atoms with van der Waals surface area (Å²) >= 11 is 0. The second-order valence-corrected chi connectivity index (χ2v) is 7.50. The zero-order chi connectivity index (χ0) is 19.8. The molecule has 1 aliphatic carbocycles. The van der Waals surface area contributed by atoms with Crippen LogP contribution in [0, 0.1) is 5.92 Å². The second kappa shape index (κ2) is 10.0. The molecule has 2 aromatic carbocycles. The van der Waals surface area contributed by atoms with Crippen LogP contribution in [0.15, 0.2) is 42.5 Å². The van der Waals surface area contributed by atoms with E-state index in [1.165, 1.54) is 57.1 Å². The summed E-state index contributed by atoms with van der Waals surface area (Å²) in [6, 6.07) is 12.2. The lowest BCUT2D eigenvalue weighted by Crippen LogP contribution is -2.13. The number of amides is 1. The van der Waals surface area contributed by atoms with Crippen molar-refractivity contribution < 1.29 is 19.4 Å². The first-order valence-corrected chi connectivity index (χ1v) is 10.1. The molecule has 3 N–H and O–H groups in total. The average molecular weight is 383 g/mol. The van der Waals surface area contributed by atoms with Crippen molar-refractivity contribution in [3.63, 3.8) is 0 Å². The Hall–Kier alpha value is -2.69. The first-order valence-electron chi connectivity index (χ1n) is 10.1. The molecule has 0 atom stereocenters. The van der Waals surface area contributed by atoms with Gasteiger partial charge in [-0.2, -0.15) is 0 Å². The van der Waals surface area contributed by atoms with Crippen LogP contribution in [0.5, 0.6) is 17.2 Å². The Kier molecular flexibility index (Phi) is 7.18. The first kappa shape index (κ1) is 20.1. The van der Waals surface area contributed by atoms with Crippen LogP contribution >= 0.6 is 0 Å². The molecule has 3 rings (SSSR count). The van der Waals surface area contributed by atoms with Crippen molar-refractivity contribution in [3.05, 3.63) is 53.6 Å². The van der Waals surface area contributed by atoms with Crippen LogP contribution in [0.3, 0.4) is 0 Å². The van der Waals surface area contributed by atoms with E-state index in [1.54, 1.807) is 6.07 Å². The van der Waals surface area contributed by atoms with Gasteiger partial charge >= 0.3 is 0 Å². The Morgan fingerprint density at radius 1 is 0.964 bits per heavy atom. The maximum absolute atomic E-state index is 11.1. The maximum Gasteiger partial charge on any atom is 0.248 e. The lowest BCUT2D eigenvalue weighted by Gasteiger charge is -2.20. The number of benzene rings is 2. The molecule has 0 radical (unpaired) electrons. The fourth-order valence-corrected chi connectivity index (χ4v) is 3.56. The maximum atomic E-state index is 11.1. The molecule has 0 heterocycles. The van der Waals surface area contributed by atoms with Gasteiger partial charge in [-0.15, -0.1) is 0 Å². The summed E-state index contributed by atoms with van der Waals surface area (Å²) in [5.41, 5.74) is 6.41. The number of primary amides is 1. The molecule has 0 unspecified atom stereocenters. The van der Waals surface area contributed by atoms with E-state index in [-0.39, 0.29) is 11.3 Å². The summed E-state index contributed by atoms with van der Waals surface area (Å²) in [6.07, 6.45) is 9.26. The largest absolute Gasteiger partial charge is 0.504 e. The SMILES string of the molecule is NC(=O)c1ccc(OCc2ccc(OCC3CCCCCCC3)cc2)c(O)c1. The number of carbonyl (C=O) groups excluding carboxylic acids is 1. The highest BCUT2D eigenvalue weighted by Gasteiger charge is 2.12. The van der Waals surface area contributed by atoms with E-state index < -0.39 is 5.91 Å². The predicted molar refractivity (Wildman–Crippen MR) is 109 cm³/mol. The van der Waals surface area contributed by atoms with Crippen molar-refractivity contribution in [3.8, 4) is 17.2 Å². The Morgan fingerprint density at radius 2 is 1.64 bits per heavy atom. The van der Waals surface area contributed by atoms with E-state index in [0.29, 0.717) is 18.3 Å². The van der Waals surface area contributed by atoms with Gasteiger partial charge in [0, 0.05) is 5.56 Å². The van der Waals surface area contributed by atoms with E-state index in [9.17, 15) is 9.90 Å². The van der Waals surface area contributed by atoms with Crippen LogP contribution in [-0.4, -0.2) is 17.6 Å². The van der Waals surface area contributed by atoms with Crippen molar-refractivity contribution >= 4 is 5.91 Å². The third kappa shape index (κ3) is 5.91. The monoisotopic (exact) mass is 383 g/mol. The zero-order valence-corrected chi connectivity index (χ0v) is 16.2. The number of phenolic OH excluding ortho intramolecular Hbond substituents is 1. The van der Waals surface area contributed by atoms with Gasteiger partial charge in [0.2, 0.25) is 5.91 Å². The van der Waals surface area contributed by atoms with Crippen LogP contribution in [0.2, 0.25) is 0 Å². The highest BCUT2D eigenvalue weighted by Crippen LogP contribution is 2.28.